The van der Waals surface area contributed by atoms with Crippen molar-refractivity contribution < 1.29 is 0 Å². The standard InChI is InChI=1S/C68H39N5/c69-40-42-25-29-47(30-26-42)58-39-59(48-31-27-43(41-70)28-32-48)67(72-61-23-11-8-20-53(61)56-37-34-45-14-2-5-17-50(45)64(56)72)68(73-62-24-12-9-21-54(62)57-38-35-46-15-3-6-18-51(46)65(57)73)66(58)71-60-22-10-7-19-52(60)55-36-33-44-13-1-4-16-49(44)63(55)71/h1-39H. The van der Waals surface area contributed by atoms with Crippen LogP contribution in [0, 0.1) is 22.7 Å². The number of aromatic nitrogens is 3. The van der Waals surface area contributed by atoms with Crippen LogP contribution in [-0.4, -0.2) is 13.7 Å². The summed E-state index contributed by atoms with van der Waals surface area (Å²) in [5.41, 5.74) is 14.5. The van der Waals surface area contributed by atoms with Crippen LogP contribution >= 0.6 is 0 Å². The van der Waals surface area contributed by atoms with Gasteiger partial charge in [-0.1, -0.05) is 188 Å². The Bertz CT molecular complexity index is 4680. The van der Waals surface area contributed by atoms with Crippen LogP contribution in [0.1, 0.15) is 11.1 Å². The Hall–Kier alpha value is -10.2. The topological polar surface area (TPSA) is 62.4 Å². The van der Waals surface area contributed by atoms with E-state index in [-0.39, 0.29) is 0 Å². The molecule has 0 unspecified atom stereocenters. The van der Waals surface area contributed by atoms with Gasteiger partial charge in [-0.2, -0.15) is 10.5 Å². The zero-order valence-electron chi connectivity index (χ0n) is 39.3. The number of rotatable bonds is 5. The van der Waals surface area contributed by atoms with Crippen molar-refractivity contribution in [2.45, 2.75) is 0 Å². The SMILES string of the molecule is N#Cc1ccc(-c2cc(-c3ccc(C#N)cc3)c(-n3c4ccccc4c4ccc5ccccc5c43)c(-n3c4ccccc4c4ccc5ccccc5c43)c2-n2c3ccccc3c3ccc4ccccc4c32)cc1. The van der Waals surface area contributed by atoms with Gasteiger partial charge in [-0.25, -0.2) is 0 Å². The summed E-state index contributed by atoms with van der Waals surface area (Å²) in [5.74, 6) is 0. The summed E-state index contributed by atoms with van der Waals surface area (Å²) in [6.45, 7) is 0. The fourth-order valence-electron chi connectivity index (χ4n) is 12.1. The molecule has 73 heavy (non-hydrogen) atoms. The molecule has 12 aromatic carbocycles. The molecule has 5 heteroatoms. The molecule has 0 radical (unpaired) electrons. The number of para-hydroxylation sites is 3. The lowest BCUT2D eigenvalue weighted by Gasteiger charge is -2.28. The van der Waals surface area contributed by atoms with Crippen molar-refractivity contribution in [1.82, 2.24) is 13.7 Å². The van der Waals surface area contributed by atoms with Crippen molar-refractivity contribution in [3.8, 4) is 51.5 Å². The zero-order valence-corrected chi connectivity index (χ0v) is 39.3. The molecule has 0 saturated heterocycles. The van der Waals surface area contributed by atoms with E-state index in [2.05, 4.69) is 238 Å². The fourth-order valence-corrected chi connectivity index (χ4v) is 12.1. The molecule has 0 aliphatic rings. The highest BCUT2D eigenvalue weighted by molar-refractivity contribution is 6.23. The predicted octanol–water partition coefficient (Wildman–Crippen LogP) is 17.5. The molecule has 0 aliphatic carbocycles. The van der Waals surface area contributed by atoms with Gasteiger partial charge in [0.1, 0.15) is 0 Å². The number of hydrogen-bond donors (Lipinski definition) is 0. The molecule has 0 fully saturated rings. The van der Waals surface area contributed by atoms with E-state index in [9.17, 15) is 10.5 Å². The first kappa shape index (κ1) is 40.7. The van der Waals surface area contributed by atoms with Crippen LogP contribution in [-0.2, 0) is 0 Å². The van der Waals surface area contributed by atoms with Crippen LogP contribution in [0.2, 0.25) is 0 Å². The summed E-state index contributed by atoms with van der Waals surface area (Å²) in [4.78, 5) is 0. The van der Waals surface area contributed by atoms with E-state index in [1.165, 1.54) is 0 Å². The molecule has 15 aromatic rings. The molecule has 0 amide bonds. The van der Waals surface area contributed by atoms with E-state index in [1.54, 1.807) is 0 Å². The second-order valence-corrected chi connectivity index (χ2v) is 19.0. The van der Waals surface area contributed by atoms with Crippen molar-refractivity contribution in [1.29, 1.82) is 10.5 Å². The third-order valence-corrected chi connectivity index (χ3v) is 15.2. The van der Waals surface area contributed by atoms with Crippen molar-refractivity contribution in [2.24, 2.45) is 0 Å². The molecule has 0 bridgehead atoms. The Kier molecular flexibility index (Phi) is 8.72. The zero-order chi connectivity index (χ0) is 48.3. The first-order valence-corrected chi connectivity index (χ1v) is 24.6. The lowest BCUT2D eigenvalue weighted by atomic mass is 9.92. The Labute approximate surface area is 419 Å². The first-order valence-electron chi connectivity index (χ1n) is 24.6. The minimum atomic E-state index is 0.586. The molecule has 3 heterocycles. The molecule has 0 atom stereocenters. The average molecular weight is 926 g/mol. The number of fused-ring (bicyclic) bond motifs is 15. The van der Waals surface area contributed by atoms with Crippen LogP contribution in [0.4, 0.5) is 0 Å². The number of benzene rings is 12. The Morgan fingerprint density at radius 1 is 0.260 bits per heavy atom. The van der Waals surface area contributed by atoms with Gasteiger partial charge in [0.15, 0.2) is 0 Å². The maximum absolute atomic E-state index is 10.2. The van der Waals surface area contributed by atoms with Gasteiger partial charge in [-0.05, 0) is 75.8 Å². The average Bonchev–Trinajstić information content (AvgIpc) is 4.11. The van der Waals surface area contributed by atoms with Gasteiger partial charge in [0.2, 0.25) is 0 Å². The molecule has 0 N–H and O–H groups in total. The van der Waals surface area contributed by atoms with Crippen molar-refractivity contribution >= 4 is 97.7 Å². The summed E-state index contributed by atoms with van der Waals surface area (Å²) in [7, 11) is 0. The molecular weight excluding hydrogens is 887 g/mol. The maximum Gasteiger partial charge on any atom is 0.0991 e. The fraction of sp³-hybridized carbons (Fsp3) is 0. The minimum Gasteiger partial charge on any atom is -0.306 e. The molecule has 3 aromatic heterocycles. The third-order valence-electron chi connectivity index (χ3n) is 15.2. The van der Waals surface area contributed by atoms with Crippen LogP contribution in [0.25, 0.3) is 137 Å². The number of nitriles is 2. The van der Waals surface area contributed by atoms with Gasteiger partial charge >= 0.3 is 0 Å². The van der Waals surface area contributed by atoms with Crippen molar-refractivity contribution in [3.63, 3.8) is 0 Å². The summed E-state index contributed by atoms with van der Waals surface area (Å²) in [6.07, 6.45) is 0. The van der Waals surface area contributed by atoms with E-state index in [0.717, 1.165) is 137 Å². The Morgan fingerprint density at radius 2 is 0.562 bits per heavy atom. The Morgan fingerprint density at radius 3 is 0.904 bits per heavy atom. The molecule has 15 rings (SSSR count). The summed E-state index contributed by atoms with van der Waals surface area (Å²) >= 11 is 0. The molecule has 0 saturated carbocycles. The van der Waals surface area contributed by atoms with E-state index < -0.39 is 0 Å². The molecular formula is C68H39N5. The van der Waals surface area contributed by atoms with E-state index >= 15 is 0 Å². The van der Waals surface area contributed by atoms with Gasteiger partial charge in [-0.15, -0.1) is 0 Å². The van der Waals surface area contributed by atoms with Crippen LogP contribution in [0.3, 0.4) is 0 Å². The predicted molar refractivity (Wildman–Crippen MR) is 302 cm³/mol. The number of hydrogen-bond acceptors (Lipinski definition) is 2. The highest BCUT2D eigenvalue weighted by Crippen LogP contribution is 2.51. The Balaban J connectivity index is 1.31. The quantitative estimate of drug-likeness (QED) is 0.173. The lowest BCUT2D eigenvalue weighted by molar-refractivity contribution is 1.06. The molecule has 336 valence electrons. The van der Waals surface area contributed by atoms with E-state index in [1.807, 2.05) is 24.3 Å². The number of nitrogens with zero attached hydrogens (tertiary/aromatic N) is 5. The van der Waals surface area contributed by atoms with Gasteiger partial charge in [0.05, 0.1) is 73.4 Å². The minimum absolute atomic E-state index is 0.586. The lowest BCUT2D eigenvalue weighted by Crippen LogP contribution is -2.13. The largest absolute Gasteiger partial charge is 0.306 e. The van der Waals surface area contributed by atoms with Crippen LogP contribution < -0.4 is 0 Å². The highest BCUT2D eigenvalue weighted by atomic mass is 15.1. The van der Waals surface area contributed by atoms with Crippen LogP contribution in [0.15, 0.2) is 237 Å². The van der Waals surface area contributed by atoms with Gasteiger partial charge in [0.25, 0.3) is 0 Å². The van der Waals surface area contributed by atoms with Crippen molar-refractivity contribution in [3.05, 3.63) is 248 Å². The summed E-state index contributed by atoms with van der Waals surface area (Å²) < 4.78 is 7.65. The van der Waals surface area contributed by atoms with Crippen LogP contribution in [0.5, 0.6) is 0 Å². The second-order valence-electron chi connectivity index (χ2n) is 19.0. The van der Waals surface area contributed by atoms with Crippen molar-refractivity contribution in [2.75, 3.05) is 0 Å². The maximum atomic E-state index is 10.2. The normalized spacial score (nSPS) is 11.8. The van der Waals surface area contributed by atoms with Gasteiger partial charge < -0.3 is 13.7 Å². The summed E-state index contributed by atoms with van der Waals surface area (Å²) in [5, 5.41) is 34.2. The third kappa shape index (κ3) is 5.82. The monoisotopic (exact) mass is 925 g/mol. The smallest absolute Gasteiger partial charge is 0.0991 e. The first-order chi connectivity index (χ1) is 36.2. The highest BCUT2D eigenvalue weighted by Gasteiger charge is 2.32. The van der Waals surface area contributed by atoms with Gasteiger partial charge in [0, 0.05) is 59.6 Å². The van der Waals surface area contributed by atoms with Gasteiger partial charge in [-0.3, -0.25) is 0 Å². The molecule has 5 nitrogen and oxygen atoms in total. The second kappa shape index (κ2) is 15.7. The molecule has 0 aliphatic heterocycles. The van der Waals surface area contributed by atoms with E-state index in [0.29, 0.717) is 11.1 Å². The van der Waals surface area contributed by atoms with E-state index in [4.69, 9.17) is 0 Å². The molecule has 0 spiro atoms. The summed E-state index contributed by atoms with van der Waals surface area (Å²) in [6, 6.07) is 89.6.